The van der Waals surface area contributed by atoms with Crippen LogP contribution >= 0.6 is 0 Å². The monoisotopic (exact) mass is 760 g/mol. The number of allylic oxidation sites excluding steroid dienone is 2. The zero-order valence-corrected chi connectivity index (χ0v) is 33.5. The molecule has 9 unspecified atom stereocenters. The molecule has 314 valence electrons. The Balaban J connectivity index is 2.23. The van der Waals surface area contributed by atoms with Gasteiger partial charge in [-0.3, -0.25) is 4.79 Å². The number of aliphatic hydroxyl groups is 7. The molecule has 1 aliphatic heterocycles. The number of nitrogens with one attached hydrogen (secondary N) is 1. The Morgan fingerprint density at radius 1 is 0.642 bits per heavy atom. The van der Waals surface area contributed by atoms with Gasteiger partial charge < -0.3 is 50.5 Å². The summed E-state index contributed by atoms with van der Waals surface area (Å²) in [5.74, 6) is -0.709. The molecule has 11 nitrogen and oxygen atoms in total. The Kier molecular flexibility index (Phi) is 31.1. The van der Waals surface area contributed by atoms with E-state index < -0.39 is 74.2 Å². The van der Waals surface area contributed by atoms with E-state index in [4.69, 9.17) is 9.47 Å². The van der Waals surface area contributed by atoms with Crippen LogP contribution in [0.15, 0.2) is 12.2 Å². The summed E-state index contributed by atoms with van der Waals surface area (Å²) >= 11 is 0. The normalized spacial score (nSPS) is 22.9. The maximum absolute atomic E-state index is 12.9. The van der Waals surface area contributed by atoms with Crippen LogP contribution in [-0.2, 0) is 14.3 Å². The average molecular weight is 760 g/mol. The topological polar surface area (TPSA) is 189 Å². The maximum Gasteiger partial charge on any atom is 0.249 e. The Bertz CT molecular complexity index is 877. The molecule has 9 atom stereocenters. The van der Waals surface area contributed by atoms with Crippen molar-refractivity contribution in [3.8, 4) is 0 Å². The smallest absolute Gasteiger partial charge is 0.249 e. The summed E-state index contributed by atoms with van der Waals surface area (Å²) in [5.41, 5.74) is 0. The van der Waals surface area contributed by atoms with Gasteiger partial charge in [0.05, 0.1) is 25.4 Å². The lowest BCUT2D eigenvalue weighted by Crippen LogP contribution is -2.60. The van der Waals surface area contributed by atoms with Crippen LogP contribution in [0, 0.1) is 0 Å². The van der Waals surface area contributed by atoms with Gasteiger partial charge in [-0.15, -0.1) is 0 Å². The SMILES string of the molecule is CCCCCCCCCCCCCC/C=C\CCCCCCCCCC(O)C(=O)NC(COC1OC(CO)C(O)C(O)C1O)C(O)C(O)CCCCC. The van der Waals surface area contributed by atoms with Crippen molar-refractivity contribution in [1.29, 1.82) is 0 Å². The van der Waals surface area contributed by atoms with Crippen molar-refractivity contribution in [2.45, 2.75) is 236 Å². The molecule has 8 N–H and O–H groups in total. The number of carbonyl (C=O) groups is 1. The first-order valence-electron chi connectivity index (χ1n) is 21.6. The van der Waals surface area contributed by atoms with Gasteiger partial charge in [-0.05, 0) is 38.5 Å². The molecule has 1 aliphatic rings. The molecule has 0 radical (unpaired) electrons. The number of amides is 1. The summed E-state index contributed by atoms with van der Waals surface area (Å²) in [6.45, 7) is 3.23. The zero-order chi connectivity index (χ0) is 39.1. The molecule has 1 fully saturated rings. The zero-order valence-electron chi connectivity index (χ0n) is 33.5. The molecule has 0 aromatic rings. The number of hydrogen-bond acceptors (Lipinski definition) is 10. The summed E-state index contributed by atoms with van der Waals surface area (Å²) in [6.07, 6.45) is 22.5. The minimum atomic E-state index is -1.66. The first-order valence-corrected chi connectivity index (χ1v) is 21.6. The second kappa shape index (κ2) is 33.0. The van der Waals surface area contributed by atoms with E-state index in [0.29, 0.717) is 19.3 Å². The number of hydrogen-bond donors (Lipinski definition) is 8. The molecular weight excluding hydrogens is 678 g/mol. The number of rotatable bonds is 35. The Morgan fingerprint density at radius 2 is 1.09 bits per heavy atom. The first-order chi connectivity index (χ1) is 25.7. The number of unbranched alkanes of at least 4 members (excludes halogenated alkanes) is 21. The Morgan fingerprint density at radius 3 is 1.60 bits per heavy atom. The van der Waals surface area contributed by atoms with E-state index in [1.807, 2.05) is 6.92 Å². The van der Waals surface area contributed by atoms with E-state index in [1.165, 1.54) is 103 Å². The molecule has 0 bridgehead atoms. The van der Waals surface area contributed by atoms with Gasteiger partial charge in [-0.25, -0.2) is 0 Å². The second-order valence-electron chi connectivity index (χ2n) is 15.4. The van der Waals surface area contributed by atoms with E-state index >= 15 is 0 Å². The predicted molar refractivity (Wildman–Crippen MR) is 210 cm³/mol. The van der Waals surface area contributed by atoms with Crippen LogP contribution < -0.4 is 5.32 Å². The molecule has 0 saturated carbocycles. The molecule has 1 rings (SSSR count). The van der Waals surface area contributed by atoms with Gasteiger partial charge in [-0.1, -0.05) is 154 Å². The van der Waals surface area contributed by atoms with Gasteiger partial charge in [0.15, 0.2) is 6.29 Å². The summed E-state index contributed by atoms with van der Waals surface area (Å²) in [6, 6.07) is -1.16. The lowest BCUT2D eigenvalue weighted by atomic mass is 9.98. The third kappa shape index (κ3) is 23.5. The van der Waals surface area contributed by atoms with E-state index in [-0.39, 0.29) is 6.42 Å². The Labute approximate surface area is 322 Å². The lowest BCUT2D eigenvalue weighted by molar-refractivity contribution is -0.303. The number of carbonyl (C=O) groups excluding carboxylic acids is 1. The highest BCUT2D eigenvalue weighted by Crippen LogP contribution is 2.23. The van der Waals surface area contributed by atoms with Gasteiger partial charge in [0, 0.05) is 0 Å². The van der Waals surface area contributed by atoms with Gasteiger partial charge in [0.25, 0.3) is 0 Å². The van der Waals surface area contributed by atoms with Crippen LogP contribution in [0.5, 0.6) is 0 Å². The summed E-state index contributed by atoms with van der Waals surface area (Å²) in [7, 11) is 0. The summed E-state index contributed by atoms with van der Waals surface area (Å²) < 4.78 is 10.9. The van der Waals surface area contributed by atoms with Gasteiger partial charge in [-0.2, -0.15) is 0 Å². The minimum Gasteiger partial charge on any atom is -0.394 e. The molecule has 53 heavy (non-hydrogen) atoms. The maximum atomic E-state index is 12.9. The fourth-order valence-corrected chi connectivity index (χ4v) is 6.90. The average Bonchev–Trinajstić information content (AvgIpc) is 3.16. The summed E-state index contributed by atoms with van der Waals surface area (Å²) in [4.78, 5) is 12.9. The van der Waals surface area contributed by atoms with Gasteiger partial charge in [0.1, 0.15) is 36.6 Å². The molecule has 1 amide bonds. The highest BCUT2D eigenvalue weighted by molar-refractivity contribution is 5.80. The number of ether oxygens (including phenoxy) is 2. The van der Waals surface area contributed by atoms with Gasteiger partial charge >= 0.3 is 0 Å². The molecule has 0 aromatic carbocycles. The van der Waals surface area contributed by atoms with Crippen LogP contribution in [0.3, 0.4) is 0 Å². The first kappa shape index (κ1) is 49.9. The standard InChI is InChI=1S/C42H81NO10/c1-3-5-7-8-9-10-11-12-13-14-15-16-17-18-19-20-21-22-23-24-25-26-28-30-35(46)41(51)43-33(37(47)34(45)29-27-6-4-2)32-52-42-40(50)39(49)38(48)36(31-44)53-42/h18-19,33-40,42,44-50H,3-17,20-32H2,1-2H3,(H,43,51)/b19-18-. The Hall–Kier alpha value is -1.15. The van der Waals surface area contributed by atoms with E-state index in [2.05, 4.69) is 24.4 Å². The highest BCUT2D eigenvalue weighted by Gasteiger charge is 2.44. The van der Waals surface area contributed by atoms with Crippen LogP contribution in [0.2, 0.25) is 0 Å². The minimum absolute atomic E-state index is 0.255. The molecule has 0 aromatic heterocycles. The second-order valence-corrected chi connectivity index (χ2v) is 15.4. The van der Waals surface area contributed by atoms with Crippen molar-refractivity contribution >= 4 is 5.91 Å². The third-order valence-corrected chi connectivity index (χ3v) is 10.6. The molecule has 0 spiro atoms. The van der Waals surface area contributed by atoms with Crippen molar-refractivity contribution in [3.05, 3.63) is 12.2 Å². The van der Waals surface area contributed by atoms with Crippen molar-refractivity contribution in [3.63, 3.8) is 0 Å². The quantitative estimate of drug-likeness (QED) is 0.0277. The molecule has 1 heterocycles. The van der Waals surface area contributed by atoms with Crippen LogP contribution in [0.25, 0.3) is 0 Å². The molecular formula is C42H81NO10. The molecule has 1 saturated heterocycles. The van der Waals surface area contributed by atoms with Crippen LogP contribution in [0.4, 0.5) is 0 Å². The fourth-order valence-electron chi connectivity index (χ4n) is 6.90. The van der Waals surface area contributed by atoms with Gasteiger partial charge in [0.2, 0.25) is 5.91 Å². The van der Waals surface area contributed by atoms with Crippen LogP contribution in [0.1, 0.15) is 181 Å². The fraction of sp³-hybridized carbons (Fsp3) is 0.929. The van der Waals surface area contributed by atoms with Crippen molar-refractivity contribution in [2.24, 2.45) is 0 Å². The highest BCUT2D eigenvalue weighted by atomic mass is 16.7. The van der Waals surface area contributed by atoms with E-state index in [0.717, 1.165) is 38.5 Å². The van der Waals surface area contributed by atoms with Crippen molar-refractivity contribution in [2.75, 3.05) is 13.2 Å². The van der Waals surface area contributed by atoms with Crippen molar-refractivity contribution in [1.82, 2.24) is 5.32 Å². The largest absolute Gasteiger partial charge is 0.394 e. The summed E-state index contributed by atoms with van der Waals surface area (Å²) in [5, 5.41) is 74.5. The molecule has 11 heteroatoms. The molecule has 0 aliphatic carbocycles. The lowest BCUT2D eigenvalue weighted by Gasteiger charge is -2.40. The van der Waals surface area contributed by atoms with E-state index in [9.17, 15) is 40.5 Å². The number of aliphatic hydroxyl groups excluding tert-OH is 7. The predicted octanol–water partition coefficient (Wildman–Crippen LogP) is 6.11. The van der Waals surface area contributed by atoms with E-state index in [1.54, 1.807) is 0 Å². The third-order valence-electron chi connectivity index (χ3n) is 10.6. The van der Waals surface area contributed by atoms with Crippen molar-refractivity contribution < 1.29 is 50.0 Å². The van der Waals surface area contributed by atoms with Crippen LogP contribution in [-0.4, -0.2) is 110 Å².